The quantitative estimate of drug-likeness (QED) is 0.425. The first-order valence-electron chi connectivity index (χ1n) is 9.90. The molecule has 5 heteroatoms. The number of benzene rings is 3. The first kappa shape index (κ1) is 21.9. The van der Waals surface area contributed by atoms with Crippen molar-refractivity contribution in [3.05, 3.63) is 86.9 Å². The van der Waals surface area contributed by atoms with Gasteiger partial charge in [0.15, 0.2) is 11.5 Å². The molecule has 0 spiro atoms. The van der Waals surface area contributed by atoms with Crippen molar-refractivity contribution in [2.45, 2.75) is 34.3 Å². The van der Waals surface area contributed by atoms with Gasteiger partial charge in [-0.05, 0) is 78.5 Å². The normalized spacial score (nSPS) is 10.6. The van der Waals surface area contributed by atoms with E-state index in [-0.39, 0.29) is 5.91 Å². The number of nitrogens with one attached hydrogen (secondary N) is 1. The maximum atomic E-state index is 12.9. The second kappa shape index (κ2) is 9.81. The maximum Gasteiger partial charge on any atom is 0.255 e. The molecule has 3 aromatic rings. The number of hydrogen-bond acceptors (Lipinski definition) is 3. The van der Waals surface area contributed by atoms with Crippen molar-refractivity contribution in [3.8, 4) is 11.5 Å². The van der Waals surface area contributed by atoms with Gasteiger partial charge in [-0.15, -0.1) is 0 Å². The molecule has 0 fully saturated rings. The molecule has 1 amide bonds. The van der Waals surface area contributed by atoms with Crippen molar-refractivity contribution in [2.24, 2.45) is 0 Å². The lowest BCUT2D eigenvalue weighted by Crippen LogP contribution is -2.13. The van der Waals surface area contributed by atoms with E-state index >= 15 is 0 Å². The van der Waals surface area contributed by atoms with Gasteiger partial charge in [-0.3, -0.25) is 4.79 Å². The van der Waals surface area contributed by atoms with Crippen LogP contribution in [0.5, 0.6) is 11.5 Å². The molecule has 0 atom stereocenters. The van der Waals surface area contributed by atoms with E-state index in [1.807, 2.05) is 51.1 Å². The molecule has 0 unspecified atom stereocenters. The molecule has 0 saturated carbocycles. The molecular weight excluding hydrogens is 442 g/mol. The number of hydrogen-bond donors (Lipinski definition) is 1. The molecule has 30 heavy (non-hydrogen) atoms. The summed E-state index contributed by atoms with van der Waals surface area (Å²) in [7, 11) is 0. The summed E-state index contributed by atoms with van der Waals surface area (Å²) in [4.78, 5) is 12.9. The summed E-state index contributed by atoms with van der Waals surface area (Å²) in [5.74, 6) is 0.918. The van der Waals surface area contributed by atoms with Gasteiger partial charge < -0.3 is 14.8 Å². The number of ether oxygens (including phenoxy) is 2. The average molecular weight is 468 g/mol. The Morgan fingerprint density at radius 2 is 1.63 bits per heavy atom. The third-order valence-corrected chi connectivity index (χ3v) is 5.31. The van der Waals surface area contributed by atoms with Crippen LogP contribution in [0.2, 0.25) is 0 Å². The predicted octanol–water partition coefficient (Wildman–Crippen LogP) is 6.60. The van der Waals surface area contributed by atoms with Crippen molar-refractivity contribution in [1.29, 1.82) is 0 Å². The van der Waals surface area contributed by atoms with Crippen molar-refractivity contribution < 1.29 is 14.3 Å². The highest BCUT2D eigenvalue weighted by molar-refractivity contribution is 9.10. The summed E-state index contributed by atoms with van der Waals surface area (Å²) in [5, 5.41) is 2.99. The monoisotopic (exact) mass is 467 g/mol. The molecule has 4 nitrogen and oxygen atoms in total. The third-order valence-electron chi connectivity index (χ3n) is 4.72. The molecule has 0 aromatic heterocycles. The highest BCUT2D eigenvalue weighted by Gasteiger charge is 2.17. The van der Waals surface area contributed by atoms with Gasteiger partial charge in [-0.2, -0.15) is 0 Å². The summed E-state index contributed by atoms with van der Waals surface area (Å²) >= 11 is 3.55. The second-order valence-electron chi connectivity index (χ2n) is 7.27. The van der Waals surface area contributed by atoms with Gasteiger partial charge in [-0.25, -0.2) is 0 Å². The van der Waals surface area contributed by atoms with Gasteiger partial charge in [0.25, 0.3) is 5.91 Å². The Labute approximate surface area is 186 Å². The Morgan fingerprint density at radius 1 is 0.933 bits per heavy atom. The highest BCUT2D eigenvalue weighted by atomic mass is 79.9. The fraction of sp³-hybridized carbons (Fsp3) is 0.240. The molecular formula is C25H26BrNO3. The van der Waals surface area contributed by atoms with E-state index < -0.39 is 0 Å². The largest absolute Gasteiger partial charge is 0.490 e. The van der Waals surface area contributed by atoms with Crippen LogP contribution in [-0.4, -0.2) is 12.5 Å². The zero-order valence-corrected chi connectivity index (χ0v) is 19.3. The lowest BCUT2D eigenvalue weighted by molar-refractivity contribution is 0.102. The molecule has 3 aromatic carbocycles. The SMILES string of the molecule is CCOc1cc(C(=O)Nc2cc(C)ccc2C)cc(Br)c1OCc1ccc(C)cc1. The van der Waals surface area contributed by atoms with Crippen LogP contribution in [0.1, 0.15) is 39.5 Å². The number of carbonyl (C=O) groups excluding carboxylic acids is 1. The summed E-state index contributed by atoms with van der Waals surface area (Å²) in [6.07, 6.45) is 0. The van der Waals surface area contributed by atoms with Gasteiger partial charge >= 0.3 is 0 Å². The van der Waals surface area contributed by atoms with E-state index in [4.69, 9.17) is 9.47 Å². The Bertz CT molecular complexity index is 1050. The molecule has 0 radical (unpaired) electrons. The van der Waals surface area contributed by atoms with Crippen molar-refractivity contribution >= 4 is 27.5 Å². The Kier molecular flexibility index (Phi) is 7.16. The fourth-order valence-corrected chi connectivity index (χ4v) is 3.56. The van der Waals surface area contributed by atoms with Crippen LogP contribution < -0.4 is 14.8 Å². The van der Waals surface area contributed by atoms with Crippen molar-refractivity contribution in [1.82, 2.24) is 0 Å². The summed E-state index contributed by atoms with van der Waals surface area (Å²) in [6.45, 7) is 8.80. The molecule has 1 N–H and O–H groups in total. The van der Waals surface area contributed by atoms with E-state index in [1.54, 1.807) is 12.1 Å². The number of carbonyl (C=O) groups is 1. The topological polar surface area (TPSA) is 47.6 Å². The van der Waals surface area contributed by atoms with E-state index in [1.165, 1.54) is 5.56 Å². The summed E-state index contributed by atoms with van der Waals surface area (Å²) < 4.78 is 12.5. The molecule has 3 rings (SSSR count). The number of rotatable bonds is 7. The van der Waals surface area contributed by atoms with Crippen LogP contribution in [0, 0.1) is 20.8 Å². The van der Waals surface area contributed by atoms with E-state index in [0.717, 1.165) is 22.4 Å². The number of halogens is 1. The zero-order valence-electron chi connectivity index (χ0n) is 17.7. The molecule has 0 saturated heterocycles. The average Bonchev–Trinajstić information content (AvgIpc) is 2.71. The zero-order chi connectivity index (χ0) is 21.7. The van der Waals surface area contributed by atoms with Crippen LogP contribution in [0.15, 0.2) is 59.1 Å². The molecule has 0 aliphatic carbocycles. The molecule has 156 valence electrons. The summed E-state index contributed by atoms with van der Waals surface area (Å²) in [6, 6.07) is 17.6. The first-order valence-corrected chi connectivity index (χ1v) is 10.7. The van der Waals surface area contributed by atoms with Crippen LogP contribution in [0.25, 0.3) is 0 Å². The van der Waals surface area contributed by atoms with Crippen molar-refractivity contribution in [3.63, 3.8) is 0 Å². The fourth-order valence-electron chi connectivity index (χ4n) is 3.01. The maximum absolute atomic E-state index is 12.9. The van der Waals surface area contributed by atoms with Gasteiger partial charge in [0.2, 0.25) is 0 Å². The van der Waals surface area contributed by atoms with Crippen molar-refractivity contribution in [2.75, 3.05) is 11.9 Å². The molecule has 0 aliphatic heterocycles. The lowest BCUT2D eigenvalue weighted by atomic mass is 10.1. The first-order chi connectivity index (χ1) is 14.4. The number of aryl methyl sites for hydroxylation is 3. The van der Waals surface area contributed by atoms with Crippen LogP contribution in [0.3, 0.4) is 0 Å². The molecule has 0 heterocycles. The second-order valence-corrected chi connectivity index (χ2v) is 8.12. The lowest BCUT2D eigenvalue weighted by Gasteiger charge is -2.16. The van der Waals surface area contributed by atoms with Gasteiger partial charge in [0.1, 0.15) is 6.61 Å². The number of amides is 1. The number of anilines is 1. The minimum Gasteiger partial charge on any atom is -0.490 e. The Hall–Kier alpha value is -2.79. The van der Waals surface area contributed by atoms with Gasteiger partial charge in [-0.1, -0.05) is 42.0 Å². The Morgan fingerprint density at radius 3 is 2.33 bits per heavy atom. The minimum atomic E-state index is -0.199. The molecule has 0 bridgehead atoms. The van der Waals surface area contributed by atoms with E-state index in [2.05, 4.69) is 40.3 Å². The van der Waals surface area contributed by atoms with Crippen LogP contribution in [-0.2, 0) is 6.61 Å². The minimum absolute atomic E-state index is 0.199. The van der Waals surface area contributed by atoms with Crippen LogP contribution >= 0.6 is 15.9 Å². The smallest absolute Gasteiger partial charge is 0.255 e. The van der Waals surface area contributed by atoms with Gasteiger partial charge in [0.05, 0.1) is 11.1 Å². The standard InChI is InChI=1S/C25H26BrNO3/c1-5-29-23-14-20(25(28)27-22-12-17(3)6-9-18(22)4)13-21(26)24(23)30-15-19-10-7-16(2)8-11-19/h6-14H,5,15H2,1-4H3,(H,27,28). The van der Waals surface area contributed by atoms with Crippen LogP contribution in [0.4, 0.5) is 5.69 Å². The Balaban J connectivity index is 1.83. The third kappa shape index (κ3) is 5.42. The predicted molar refractivity (Wildman–Crippen MR) is 125 cm³/mol. The molecule has 0 aliphatic rings. The van der Waals surface area contributed by atoms with E-state index in [0.29, 0.717) is 34.7 Å². The summed E-state index contributed by atoms with van der Waals surface area (Å²) in [5.41, 5.74) is 5.66. The van der Waals surface area contributed by atoms with E-state index in [9.17, 15) is 4.79 Å². The van der Waals surface area contributed by atoms with Gasteiger partial charge in [0, 0.05) is 11.3 Å². The highest BCUT2D eigenvalue weighted by Crippen LogP contribution is 2.37.